The minimum atomic E-state index is 0. The molecule has 0 aliphatic carbocycles. The van der Waals surface area contributed by atoms with Crippen LogP contribution in [0.3, 0.4) is 0 Å². The molecule has 1 aromatic carbocycles. The van der Waals surface area contributed by atoms with Gasteiger partial charge in [0.05, 0.1) is 7.11 Å². The molecule has 20 heavy (non-hydrogen) atoms. The Balaban J connectivity index is 0.00000200. The molecule has 0 unspecified atom stereocenters. The molecule has 1 aliphatic rings. The normalized spacial score (nSPS) is 15.2. The number of hydrogen-bond donors (Lipinski definition) is 1. The zero-order valence-corrected chi connectivity index (χ0v) is 12.7. The Hall–Kier alpha value is -1.26. The Bertz CT molecular complexity index is 401. The highest BCUT2D eigenvalue weighted by Crippen LogP contribution is 2.13. The first-order chi connectivity index (χ1) is 9.29. The van der Waals surface area contributed by atoms with Crippen LogP contribution in [-0.2, 0) is 11.2 Å². The summed E-state index contributed by atoms with van der Waals surface area (Å²) in [5.74, 6) is 1.12. The van der Waals surface area contributed by atoms with Gasteiger partial charge in [-0.15, -0.1) is 12.4 Å². The predicted molar refractivity (Wildman–Crippen MR) is 82.6 cm³/mol. The second-order valence-electron chi connectivity index (χ2n) is 4.83. The van der Waals surface area contributed by atoms with Crippen molar-refractivity contribution in [1.82, 2.24) is 10.2 Å². The molecule has 0 aromatic heterocycles. The summed E-state index contributed by atoms with van der Waals surface area (Å²) in [7, 11) is 1.66. The third kappa shape index (κ3) is 5.02. The van der Waals surface area contributed by atoms with Crippen molar-refractivity contribution < 1.29 is 9.53 Å². The van der Waals surface area contributed by atoms with Crippen molar-refractivity contribution in [3.63, 3.8) is 0 Å². The Labute approximate surface area is 126 Å². The largest absolute Gasteiger partial charge is 0.497 e. The van der Waals surface area contributed by atoms with Crippen molar-refractivity contribution in [2.75, 3.05) is 33.3 Å². The number of amides is 1. The first kappa shape index (κ1) is 16.8. The highest BCUT2D eigenvalue weighted by Gasteiger charge is 2.14. The quantitative estimate of drug-likeness (QED) is 0.923. The van der Waals surface area contributed by atoms with Crippen LogP contribution >= 0.6 is 12.4 Å². The molecule has 112 valence electrons. The van der Waals surface area contributed by atoms with Gasteiger partial charge in [-0.25, -0.2) is 0 Å². The van der Waals surface area contributed by atoms with E-state index in [0.717, 1.165) is 44.8 Å². The SMILES string of the molecule is COc1ccc(CCC(=O)N2CCCNCC2)cc1.Cl. The maximum atomic E-state index is 12.1. The van der Waals surface area contributed by atoms with Crippen LogP contribution in [0.2, 0.25) is 0 Å². The molecule has 1 fully saturated rings. The van der Waals surface area contributed by atoms with E-state index < -0.39 is 0 Å². The van der Waals surface area contributed by atoms with E-state index in [2.05, 4.69) is 5.32 Å². The van der Waals surface area contributed by atoms with Gasteiger partial charge in [-0.1, -0.05) is 12.1 Å². The van der Waals surface area contributed by atoms with Gasteiger partial charge in [0.25, 0.3) is 0 Å². The molecule has 1 aliphatic heterocycles. The molecule has 0 saturated carbocycles. The minimum Gasteiger partial charge on any atom is -0.497 e. The third-order valence-corrected chi connectivity index (χ3v) is 3.48. The van der Waals surface area contributed by atoms with E-state index in [-0.39, 0.29) is 18.3 Å². The van der Waals surface area contributed by atoms with E-state index in [1.54, 1.807) is 7.11 Å². The second kappa shape index (κ2) is 8.82. The highest BCUT2D eigenvalue weighted by atomic mass is 35.5. The molecule has 0 bridgehead atoms. The van der Waals surface area contributed by atoms with Gasteiger partial charge < -0.3 is 15.0 Å². The molecule has 0 spiro atoms. The van der Waals surface area contributed by atoms with E-state index >= 15 is 0 Å². The van der Waals surface area contributed by atoms with E-state index in [0.29, 0.717) is 6.42 Å². The Morgan fingerprint density at radius 2 is 2.00 bits per heavy atom. The number of aryl methyl sites for hydroxylation is 1. The molecule has 0 atom stereocenters. The average molecular weight is 299 g/mol. The van der Waals surface area contributed by atoms with E-state index in [1.807, 2.05) is 29.2 Å². The number of halogens is 1. The van der Waals surface area contributed by atoms with Crippen LogP contribution in [-0.4, -0.2) is 44.1 Å². The molecule has 2 rings (SSSR count). The summed E-state index contributed by atoms with van der Waals surface area (Å²) in [4.78, 5) is 14.1. The molecule has 1 aromatic rings. The summed E-state index contributed by atoms with van der Waals surface area (Å²) in [6, 6.07) is 7.93. The Morgan fingerprint density at radius 1 is 1.25 bits per heavy atom. The number of methoxy groups -OCH3 is 1. The number of nitrogens with zero attached hydrogens (tertiary/aromatic N) is 1. The number of carbonyl (C=O) groups is 1. The van der Waals surface area contributed by atoms with Crippen LogP contribution in [0.5, 0.6) is 5.75 Å². The molecule has 1 amide bonds. The Morgan fingerprint density at radius 3 is 2.70 bits per heavy atom. The Kier molecular flexibility index (Phi) is 7.41. The van der Waals surface area contributed by atoms with Gasteiger partial charge >= 0.3 is 0 Å². The summed E-state index contributed by atoms with van der Waals surface area (Å²) in [6.45, 7) is 3.65. The lowest BCUT2D eigenvalue weighted by molar-refractivity contribution is -0.130. The molecule has 1 heterocycles. The minimum absolute atomic E-state index is 0. The fraction of sp³-hybridized carbons (Fsp3) is 0.533. The van der Waals surface area contributed by atoms with Crippen molar-refractivity contribution >= 4 is 18.3 Å². The second-order valence-corrected chi connectivity index (χ2v) is 4.83. The van der Waals surface area contributed by atoms with Gasteiger partial charge in [0.2, 0.25) is 5.91 Å². The standard InChI is InChI=1S/C15H22N2O2.ClH/c1-19-14-6-3-13(4-7-14)5-8-15(18)17-11-2-9-16-10-12-17;/h3-4,6-7,16H,2,5,8-12H2,1H3;1H. The molecule has 1 saturated heterocycles. The monoisotopic (exact) mass is 298 g/mol. The van der Waals surface area contributed by atoms with Crippen molar-refractivity contribution in [3.05, 3.63) is 29.8 Å². The van der Waals surface area contributed by atoms with Crippen LogP contribution < -0.4 is 10.1 Å². The first-order valence-electron chi connectivity index (χ1n) is 6.91. The van der Waals surface area contributed by atoms with E-state index in [4.69, 9.17) is 4.74 Å². The first-order valence-corrected chi connectivity index (χ1v) is 6.91. The van der Waals surface area contributed by atoms with Gasteiger partial charge in [-0.05, 0) is 37.1 Å². The molecule has 5 heteroatoms. The number of benzene rings is 1. The van der Waals surface area contributed by atoms with Gasteiger partial charge in [-0.3, -0.25) is 4.79 Å². The number of nitrogens with one attached hydrogen (secondary N) is 1. The van der Waals surface area contributed by atoms with Gasteiger partial charge in [0.15, 0.2) is 0 Å². The number of hydrogen-bond acceptors (Lipinski definition) is 3. The van der Waals surface area contributed by atoms with Crippen molar-refractivity contribution in [3.8, 4) is 5.75 Å². The summed E-state index contributed by atoms with van der Waals surface area (Å²) in [6.07, 6.45) is 2.44. The molecular weight excluding hydrogens is 276 g/mol. The number of ether oxygens (including phenoxy) is 1. The molecule has 1 N–H and O–H groups in total. The van der Waals surface area contributed by atoms with Gasteiger partial charge in [0.1, 0.15) is 5.75 Å². The van der Waals surface area contributed by atoms with Gasteiger partial charge in [-0.2, -0.15) is 0 Å². The fourth-order valence-electron chi connectivity index (χ4n) is 2.30. The maximum Gasteiger partial charge on any atom is 0.222 e. The number of carbonyl (C=O) groups excluding carboxylic acids is 1. The van der Waals surface area contributed by atoms with Crippen molar-refractivity contribution in [2.24, 2.45) is 0 Å². The van der Waals surface area contributed by atoms with Gasteiger partial charge in [0, 0.05) is 26.1 Å². The highest BCUT2D eigenvalue weighted by molar-refractivity contribution is 5.85. The summed E-state index contributed by atoms with van der Waals surface area (Å²) in [5, 5.41) is 3.31. The fourth-order valence-corrected chi connectivity index (χ4v) is 2.30. The summed E-state index contributed by atoms with van der Waals surface area (Å²) < 4.78 is 5.12. The smallest absolute Gasteiger partial charge is 0.222 e. The summed E-state index contributed by atoms with van der Waals surface area (Å²) >= 11 is 0. The van der Waals surface area contributed by atoms with Crippen LogP contribution in [0.15, 0.2) is 24.3 Å². The van der Waals surface area contributed by atoms with Crippen LogP contribution in [0.1, 0.15) is 18.4 Å². The van der Waals surface area contributed by atoms with E-state index in [9.17, 15) is 4.79 Å². The van der Waals surface area contributed by atoms with Crippen molar-refractivity contribution in [2.45, 2.75) is 19.3 Å². The molecule has 0 radical (unpaired) electrons. The zero-order chi connectivity index (χ0) is 13.5. The zero-order valence-electron chi connectivity index (χ0n) is 11.9. The van der Waals surface area contributed by atoms with Crippen LogP contribution in [0.25, 0.3) is 0 Å². The third-order valence-electron chi connectivity index (χ3n) is 3.48. The number of rotatable bonds is 4. The lowest BCUT2D eigenvalue weighted by atomic mass is 10.1. The lowest BCUT2D eigenvalue weighted by Gasteiger charge is -2.19. The average Bonchev–Trinajstić information content (AvgIpc) is 2.74. The summed E-state index contributed by atoms with van der Waals surface area (Å²) in [5.41, 5.74) is 1.18. The predicted octanol–water partition coefficient (Wildman–Crippen LogP) is 1.87. The van der Waals surface area contributed by atoms with Crippen LogP contribution in [0, 0.1) is 0 Å². The van der Waals surface area contributed by atoms with Crippen molar-refractivity contribution in [1.29, 1.82) is 0 Å². The molecular formula is C15H23ClN2O2. The lowest BCUT2D eigenvalue weighted by Crippen LogP contribution is -2.34. The maximum absolute atomic E-state index is 12.1. The van der Waals surface area contributed by atoms with E-state index in [1.165, 1.54) is 5.56 Å². The molecule has 4 nitrogen and oxygen atoms in total. The van der Waals surface area contributed by atoms with Crippen LogP contribution in [0.4, 0.5) is 0 Å². The topological polar surface area (TPSA) is 41.6 Å².